The molecule has 1 fully saturated rings. The molecule has 1 N–H and O–H groups in total. The van der Waals surface area contributed by atoms with Crippen molar-refractivity contribution in [2.45, 2.75) is 24.1 Å². The van der Waals surface area contributed by atoms with Crippen molar-refractivity contribution >= 4 is 17.5 Å². The van der Waals surface area contributed by atoms with Crippen LogP contribution in [0.15, 0.2) is 18.2 Å². The van der Waals surface area contributed by atoms with E-state index in [4.69, 9.17) is 11.6 Å². The fourth-order valence-electron chi connectivity index (χ4n) is 2.11. The lowest BCUT2D eigenvalue weighted by molar-refractivity contribution is 0.0946. The van der Waals surface area contributed by atoms with E-state index in [1.807, 2.05) is 12.1 Å². The first-order chi connectivity index (χ1) is 7.19. The first kappa shape index (κ1) is 9.22. The molecule has 2 nitrogen and oxygen atoms in total. The predicted octanol–water partition coefficient (Wildman–Crippen LogP) is 2.20. The summed E-state index contributed by atoms with van der Waals surface area (Å²) in [5, 5.41) is 2.84. The van der Waals surface area contributed by atoms with Crippen LogP contribution >= 0.6 is 11.6 Å². The Labute approximate surface area is 93.6 Å². The van der Waals surface area contributed by atoms with E-state index >= 15 is 0 Å². The Kier molecular flexibility index (Phi) is 1.84. The molecular formula is C12H12ClNO. The molecule has 1 heterocycles. The third-order valence-corrected chi connectivity index (χ3v) is 3.83. The first-order valence-electron chi connectivity index (χ1n) is 5.30. The summed E-state index contributed by atoms with van der Waals surface area (Å²) >= 11 is 6.35. The number of amides is 1. The number of carbonyl (C=O) groups excluding carboxylic acids is 1. The summed E-state index contributed by atoms with van der Waals surface area (Å²) in [4.78, 5) is 11.4. The van der Waals surface area contributed by atoms with Gasteiger partial charge in [-0.25, -0.2) is 0 Å². The van der Waals surface area contributed by atoms with Crippen molar-refractivity contribution in [3.8, 4) is 0 Å². The number of nitrogens with one attached hydrogen (secondary N) is 1. The number of benzene rings is 1. The van der Waals surface area contributed by atoms with Gasteiger partial charge in [-0.2, -0.15) is 0 Å². The van der Waals surface area contributed by atoms with Crippen molar-refractivity contribution < 1.29 is 4.79 Å². The molecule has 78 valence electrons. The molecule has 1 aliphatic heterocycles. The molecule has 0 bridgehead atoms. The van der Waals surface area contributed by atoms with Crippen LogP contribution in [0.2, 0.25) is 0 Å². The van der Waals surface area contributed by atoms with Crippen LogP contribution in [-0.2, 0) is 11.3 Å². The van der Waals surface area contributed by atoms with Crippen molar-refractivity contribution in [2.24, 2.45) is 0 Å². The quantitative estimate of drug-likeness (QED) is 0.724. The second-order valence-corrected chi connectivity index (χ2v) is 5.07. The SMILES string of the molecule is O=C1NCCc2cc(C3(Cl)CC3)ccc21. The Bertz CT molecular complexity index is 437. The molecule has 1 amide bonds. The summed E-state index contributed by atoms with van der Waals surface area (Å²) in [7, 11) is 0. The Hall–Kier alpha value is -1.02. The maximum atomic E-state index is 11.5. The minimum absolute atomic E-state index is 0.0437. The lowest BCUT2D eigenvalue weighted by atomic mass is 9.96. The minimum Gasteiger partial charge on any atom is -0.352 e. The molecule has 1 aromatic carbocycles. The van der Waals surface area contributed by atoms with E-state index in [-0.39, 0.29) is 10.8 Å². The van der Waals surface area contributed by atoms with Crippen LogP contribution in [0.4, 0.5) is 0 Å². The van der Waals surface area contributed by atoms with Crippen LogP contribution < -0.4 is 5.32 Å². The molecule has 2 aliphatic rings. The van der Waals surface area contributed by atoms with Crippen LogP contribution in [0.3, 0.4) is 0 Å². The molecule has 0 radical (unpaired) electrons. The molecule has 1 aliphatic carbocycles. The van der Waals surface area contributed by atoms with Crippen LogP contribution in [0.25, 0.3) is 0 Å². The van der Waals surface area contributed by atoms with Gasteiger partial charge < -0.3 is 5.32 Å². The zero-order chi connectivity index (χ0) is 10.5. The Morgan fingerprint density at radius 3 is 2.87 bits per heavy atom. The third kappa shape index (κ3) is 1.44. The highest BCUT2D eigenvalue weighted by Gasteiger charge is 2.42. The van der Waals surface area contributed by atoms with Crippen LogP contribution in [-0.4, -0.2) is 12.5 Å². The number of fused-ring (bicyclic) bond motifs is 1. The standard InChI is InChI=1S/C12H12ClNO/c13-12(4-5-12)9-1-2-10-8(7-9)3-6-14-11(10)15/h1-2,7H,3-6H2,(H,14,15). The van der Waals surface area contributed by atoms with E-state index in [9.17, 15) is 4.79 Å². The summed E-state index contributed by atoms with van der Waals surface area (Å²) in [6.45, 7) is 0.741. The van der Waals surface area contributed by atoms with Gasteiger partial charge in [0.15, 0.2) is 0 Å². The van der Waals surface area contributed by atoms with Gasteiger partial charge in [-0.1, -0.05) is 12.1 Å². The minimum atomic E-state index is -0.122. The van der Waals surface area contributed by atoms with E-state index in [0.29, 0.717) is 0 Å². The summed E-state index contributed by atoms with van der Waals surface area (Å²) in [6, 6.07) is 6.00. The van der Waals surface area contributed by atoms with E-state index in [0.717, 1.165) is 36.9 Å². The van der Waals surface area contributed by atoms with Gasteiger partial charge in [0.2, 0.25) is 0 Å². The monoisotopic (exact) mass is 221 g/mol. The maximum Gasteiger partial charge on any atom is 0.251 e. The maximum absolute atomic E-state index is 11.5. The lowest BCUT2D eigenvalue weighted by Gasteiger charge is -2.18. The average molecular weight is 222 g/mol. The van der Waals surface area contributed by atoms with E-state index in [2.05, 4.69) is 11.4 Å². The number of carbonyl (C=O) groups is 1. The Morgan fingerprint density at radius 1 is 1.33 bits per heavy atom. The van der Waals surface area contributed by atoms with E-state index < -0.39 is 0 Å². The molecule has 0 unspecified atom stereocenters. The third-order valence-electron chi connectivity index (χ3n) is 3.24. The van der Waals surface area contributed by atoms with E-state index in [1.54, 1.807) is 0 Å². The summed E-state index contributed by atoms with van der Waals surface area (Å²) < 4.78 is 0. The van der Waals surface area contributed by atoms with Crippen molar-refractivity contribution in [1.82, 2.24) is 5.32 Å². The lowest BCUT2D eigenvalue weighted by Crippen LogP contribution is -2.31. The van der Waals surface area contributed by atoms with Crippen LogP contribution in [0, 0.1) is 0 Å². The number of alkyl halides is 1. The van der Waals surface area contributed by atoms with Gasteiger partial charge in [0.05, 0.1) is 4.87 Å². The Balaban J connectivity index is 2.05. The predicted molar refractivity (Wildman–Crippen MR) is 59.2 cm³/mol. The summed E-state index contributed by atoms with van der Waals surface area (Å²) in [5.41, 5.74) is 3.13. The van der Waals surface area contributed by atoms with E-state index in [1.165, 1.54) is 5.56 Å². The second kappa shape index (κ2) is 2.99. The molecule has 1 aromatic rings. The molecular weight excluding hydrogens is 210 g/mol. The fourth-order valence-corrected chi connectivity index (χ4v) is 2.32. The van der Waals surface area contributed by atoms with Crippen molar-refractivity contribution in [2.75, 3.05) is 6.54 Å². The zero-order valence-electron chi connectivity index (χ0n) is 8.35. The van der Waals surface area contributed by atoms with Gasteiger partial charge in [-0.15, -0.1) is 11.6 Å². The number of rotatable bonds is 1. The molecule has 0 saturated heterocycles. The first-order valence-corrected chi connectivity index (χ1v) is 5.67. The smallest absolute Gasteiger partial charge is 0.251 e. The van der Waals surface area contributed by atoms with Gasteiger partial charge in [0, 0.05) is 12.1 Å². The van der Waals surface area contributed by atoms with Gasteiger partial charge in [0.1, 0.15) is 0 Å². The normalized spacial score (nSPS) is 21.8. The summed E-state index contributed by atoms with van der Waals surface area (Å²) in [5.74, 6) is 0.0437. The van der Waals surface area contributed by atoms with Crippen molar-refractivity contribution in [1.29, 1.82) is 0 Å². The Morgan fingerprint density at radius 2 is 2.13 bits per heavy atom. The van der Waals surface area contributed by atoms with Gasteiger partial charge >= 0.3 is 0 Å². The highest BCUT2D eigenvalue weighted by atomic mass is 35.5. The largest absolute Gasteiger partial charge is 0.352 e. The molecule has 0 aromatic heterocycles. The molecule has 0 spiro atoms. The van der Waals surface area contributed by atoms with Crippen molar-refractivity contribution in [3.63, 3.8) is 0 Å². The van der Waals surface area contributed by atoms with Crippen molar-refractivity contribution in [3.05, 3.63) is 34.9 Å². The summed E-state index contributed by atoms with van der Waals surface area (Å²) in [6.07, 6.45) is 3.03. The van der Waals surface area contributed by atoms with Crippen LogP contribution in [0.1, 0.15) is 34.3 Å². The molecule has 3 heteroatoms. The fraction of sp³-hybridized carbons (Fsp3) is 0.417. The van der Waals surface area contributed by atoms with Gasteiger partial charge in [-0.05, 0) is 36.5 Å². The van der Waals surface area contributed by atoms with Crippen LogP contribution in [0.5, 0.6) is 0 Å². The highest BCUT2D eigenvalue weighted by molar-refractivity contribution is 6.25. The topological polar surface area (TPSA) is 29.1 Å². The van der Waals surface area contributed by atoms with Gasteiger partial charge in [-0.3, -0.25) is 4.79 Å². The average Bonchev–Trinajstić information content (AvgIpc) is 2.98. The second-order valence-electron chi connectivity index (χ2n) is 4.34. The number of halogens is 1. The highest BCUT2D eigenvalue weighted by Crippen LogP contribution is 2.52. The number of hydrogen-bond donors (Lipinski definition) is 1. The molecule has 0 atom stereocenters. The zero-order valence-corrected chi connectivity index (χ0v) is 9.10. The van der Waals surface area contributed by atoms with Gasteiger partial charge in [0.25, 0.3) is 5.91 Å². The molecule has 15 heavy (non-hydrogen) atoms. The molecule has 1 saturated carbocycles. The number of hydrogen-bond acceptors (Lipinski definition) is 1. The molecule has 3 rings (SSSR count).